The van der Waals surface area contributed by atoms with Crippen LogP contribution in [0.4, 0.5) is 0 Å². The fraction of sp³-hybridized carbons (Fsp3) is 0.345. The molecular weight excluding hydrogens is 442 g/mol. The molecule has 0 bridgehead atoms. The smallest absolute Gasteiger partial charge is 0.355 e. The van der Waals surface area contributed by atoms with Gasteiger partial charge >= 0.3 is 5.97 Å². The van der Waals surface area contributed by atoms with Gasteiger partial charge in [0, 0.05) is 11.6 Å². The van der Waals surface area contributed by atoms with Gasteiger partial charge in [-0.15, -0.1) is 0 Å². The first kappa shape index (κ1) is 24.5. The van der Waals surface area contributed by atoms with E-state index in [1.54, 1.807) is 6.92 Å². The fourth-order valence-corrected chi connectivity index (χ4v) is 3.86. The number of H-pyrrole nitrogens is 1. The summed E-state index contributed by atoms with van der Waals surface area (Å²) in [7, 11) is 0. The molecule has 6 nitrogen and oxygen atoms in total. The minimum atomic E-state index is -0.410. The molecule has 0 aliphatic heterocycles. The summed E-state index contributed by atoms with van der Waals surface area (Å²) in [5, 5.41) is 0. The average molecular weight is 476 g/mol. The van der Waals surface area contributed by atoms with Crippen LogP contribution in [0.2, 0.25) is 0 Å². The van der Waals surface area contributed by atoms with Gasteiger partial charge in [-0.3, -0.25) is 0 Å². The van der Waals surface area contributed by atoms with E-state index in [1.165, 1.54) is 0 Å². The Kier molecular flexibility index (Phi) is 8.14. The van der Waals surface area contributed by atoms with Gasteiger partial charge in [0.1, 0.15) is 23.0 Å². The van der Waals surface area contributed by atoms with Gasteiger partial charge in [0.05, 0.1) is 30.9 Å². The predicted molar refractivity (Wildman–Crippen MR) is 138 cm³/mol. The second-order valence-corrected chi connectivity index (χ2v) is 8.40. The Hall–Kier alpha value is -3.67. The number of nitrogens with one attached hydrogen (secondary N) is 1. The SMILES string of the molecule is CCCCOc1ccc(-c2cc3[nH]c(C(=O)OCC)c(-c4ccc(OCCCC)cc4)c3o2)cc1. The Morgan fingerprint density at radius 3 is 1.94 bits per heavy atom. The van der Waals surface area contributed by atoms with Crippen LogP contribution < -0.4 is 9.47 Å². The standard InChI is InChI=1S/C29H33NO5/c1-4-7-17-33-22-13-9-20(10-14-22)25-19-24-28(35-25)26(27(30-24)29(31)32-6-3)21-11-15-23(16-12-21)34-18-8-5-2/h9-16,19,30H,4-8,17-18H2,1-3H3. The van der Waals surface area contributed by atoms with Crippen molar-refractivity contribution in [1.82, 2.24) is 4.98 Å². The molecule has 0 amide bonds. The summed E-state index contributed by atoms with van der Waals surface area (Å²) in [6.07, 6.45) is 4.22. The summed E-state index contributed by atoms with van der Waals surface area (Å²) in [4.78, 5) is 15.9. The molecule has 0 fully saturated rings. The maximum Gasteiger partial charge on any atom is 0.355 e. The number of rotatable bonds is 12. The molecule has 0 radical (unpaired) electrons. The molecule has 4 aromatic rings. The lowest BCUT2D eigenvalue weighted by Crippen LogP contribution is -2.06. The summed E-state index contributed by atoms with van der Waals surface area (Å²) >= 11 is 0. The first-order chi connectivity index (χ1) is 17.1. The van der Waals surface area contributed by atoms with Gasteiger partial charge in [0.15, 0.2) is 5.58 Å². The van der Waals surface area contributed by atoms with Crippen LogP contribution in [0.25, 0.3) is 33.6 Å². The van der Waals surface area contributed by atoms with Crippen molar-refractivity contribution in [3.8, 4) is 33.9 Å². The minimum Gasteiger partial charge on any atom is -0.494 e. The number of hydrogen-bond acceptors (Lipinski definition) is 5. The normalized spacial score (nSPS) is 11.1. The Balaban J connectivity index is 1.66. The molecule has 184 valence electrons. The van der Waals surface area contributed by atoms with Crippen molar-refractivity contribution < 1.29 is 23.4 Å². The number of ether oxygens (including phenoxy) is 3. The third-order valence-corrected chi connectivity index (χ3v) is 5.76. The lowest BCUT2D eigenvalue weighted by molar-refractivity contribution is 0.0521. The third-order valence-electron chi connectivity index (χ3n) is 5.76. The first-order valence-corrected chi connectivity index (χ1v) is 12.4. The molecule has 2 heterocycles. The highest BCUT2D eigenvalue weighted by molar-refractivity contribution is 6.06. The van der Waals surface area contributed by atoms with Crippen molar-refractivity contribution in [2.75, 3.05) is 19.8 Å². The number of unbranched alkanes of at least 4 members (excludes halogenated alkanes) is 2. The number of aromatic amines is 1. The highest BCUT2D eigenvalue weighted by Crippen LogP contribution is 2.38. The van der Waals surface area contributed by atoms with E-state index >= 15 is 0 Å². The second kappa shape index (κ2) is 11.6. The van der Waals surface area contributed by atoms with E-state index in [2.05, 4.69) is 18.8 Å². The Morgan fingerprint density at radius 2 is 1.40 bits per heavy atom. The van der Waals surface area contributed by atoms with Crippen LogP contribution >= 0.6 is 0 Å². The quantitative estimate of drug-likeness (QED) is 0.168. The first-order valence-electron chi connectivity index (χ1n) is 12.4. The maximum atomic E-state index is 12.7. The lowest BCUT2D eigenvalue weighted by atomic mass is 10.1. The van der Waals surface area contributed by atoms with Crippen molar-refractivity contribution in [2.45, 2.75) is 46.5 Å². The molecule has 0 saturated carbocycles. The maximum absolute atomic E-state index is 12.7. The van der Waals surface area contributed by atoms with Crippen LogP contribution in [-0.2, 0) is 4.74 Å². The van der Waals surface area contributed by atoms with Gasteiger partial charge < -0.3 is 23.6 Å². The topological polar surface area (TPSA) is 73.7 Å². The monoisotopic (exact) mass is 475 g/mol. The molecule has 6 heteroatoms. The summed E-state index contributed by atoms with van der Waals surface area (Å²) in [6.45, 7) is 7.75. The molecule has 0 unspecified atom stereocenters. The minimum absolute atomic E-state index is 0.292. The van der Waals surface area contributed by atoms with Gasteiger partial charge in [-0.25, -0.2) is 4.79 Å². The summed E-state index contributed by atoms with van der Waals surface area (Å²) in [5.41, 5.74) is 4.20. The van der Waals surface area contributed by atoms with E-state index in [1.807, 2.05) is 54.6 Å². The lowest BCUT2D eigenvalue weighted by Gasteiger charge is -2.08. The van der Waals surface area contributed by atoms with Crippen LogP contribution in [-0.4, -0.2) is 30.8 Å². The van der Waals surface area contributed by atoms with Crippen molar-refractivity contribution in [2.24, 2.45) is 0 Å². The zero-order valence-corrected chi connectivity index (χ0v) is 20.7. The number of hydrogen-bond donors (Lipinski definition) is 1. The number of furan rings is 1. The van der Waals surface area contributed by atoms with E-state index in [9.17, 15) is 4.79 Å². The zero-order valence-electron chi connectivity index (χ0n) is 20.7. The number of aromatic nitrogens is 1. The van der Waals surface area contributed by atoms with E-state index in [0.29, 0.717) is 42.4 Å². The van der Waals surface area contributed by atoms with Crippen LogP contribution in [0.1, 0.15) is 56.9 Å². The highest BCUT2D eigenvalue weighted by Gasteiger charge is 2.24. The van der Waals surface area contributed by atoms with Gasteiger partial charge in [-0.2, -0.15) is 0 Å². The molecule has 0 spiro atoms. The van der Waals surface area contributed by atoms with E-state index in [0.717, 1.165) is 53.8 Å². The van der Waals surface area contributed by atoms with Gasteiger partial charge in [0.25, 0.3) is 0 Å². The van der Waals surface area contributed by atoms with Crippen molar-refractivity contribution in [1.29, 1.82) is 0 Å². The zero-order chi connectivity index (χ0) is 24.6. The molecular formula is C29H33NO5. The predicted octanol–water partition coefficient (Wildman–Crippen LogP) is 7.63. The molecule has 0 atom stereocenters. The largest absolute Gasteiger partial charge is 0.494 e. The van der Waals surface area contributed by atoms with Crippen molar-refractivity contribution >= 4 is 17.1 Å². The number of fused-ring (bicyclic) bond motifs is 1. The number of esters is 1. The van der Waals surface area contributed by atoms with Crippen LogP contribution in [0.3, 0.4) is 0 Å². The van der Waals surface area contributed by atoms with Crippen LogP contribution in [0, 0.1) is 0 Å². The van der Waals surface area contributed by atoms with Gasteiger partial charge in [0.2, 0.25) is 0 Å². The number of carbonyl (C=O) groups is 1. The molecule has 0 aliphatic carbocycles. The van der Waals surface area contributed by atoms with E-state index < -0.39 is 5.97 Å². The fourth-order valence-electron chi connectivity index (χ4n) is 3.86. The summed E-state index contributed by atoms with van der Waals surface area (Å²) in [5.74, 6) is 1.94. The molecule has 2 aromatic heterocycles. The molecule has 1 N–H and O–H groups in total. The van der Waals surface area contributed by atoms with Crippen molar-refractivity contribution in [3.05, 3.63) is 60.3 Å². The van der Waals surface area contributed by atoms with Crippen LogP contribution in [0.15, 0.2) is 59.0 Å². The average Bonchev–Trinajstić information content (AvgIpc) is 3.44. The number of benzene rings is 2. The van der Waals surface area contributed by atoms with E-state index in [-0.39, 0.29) is 0 Å². The van der Waals surface area contributed by atoms with Gasteiger partial charge in [-0.1, -0.05) is 38.8 Å². The molecule has 35 heavy (non-hydrogen) atoms. The number of carbonyl (C=O) groups excluding carboxylic acids is 1. The van der Waals surface area contributed by atoms with Gasteiger partial charge in [-0.05, 0) is 61.7 Å². The molecule has 2 aromatic carbocycles. The van der Waals surface area contributed by atoms with E-state index in [4.69, 9.17) is 18.6 Å². The molecule has 4 rings (SSSR count). The summed E-state index contributed by atoms with van der Waals surface area (Å²) < 4.78 is 23.1. The third kappa shape index (κ3) is 5.70. The summed E-state index contributed by atoms with van der Waals surface area (Å²) in [6, 6.07) is 17.5. The Labute approximate surface area is 206 Å². The van der Waals surface area contributed by atoms with Crippen molar-refractivity contribution in [3.63, 3.8) is 0 Å². The molecule has 0 saturated heterocycles. The molecule has 0 aliphatic rings. The second-order valence-electron chi connectivity index (χ2n) is 8.40. The Morgan fingerprint density at radius 1 is 0.829 bits per heavy atom. The Bertz CT molecular complexity index is 1230. The van der Waals surface area contributed by atoms with Crippen LogP contribution in [0.5, 0.6) is 11.5 Å². The highest BCUT2D eigenvalue weighted by atomic mass is 16.5.